The zero-order chi connectivity index (χ0) is 12.2. The molecule has 92 valence electrons. The molecule has 0 aliphatic heterocycles. The first kappa shape index (κ1) is 17.8. The van der Waals surface area contributed by atoms with Crippen molar-refractivity contribution in [3.8, 4) is 5.75 Å². The van der Waals surface area contributed by atoms with Crippen LogP contribution in [0.25, 0.3) is 0 Å². The number of rotatable bonds is 5. The molecule has 0 amide bonds. The molecule has 1 rings (SSSR count). The average Bonchev–Trinajstić information content (AvgIpc) is 2.19. The van der Waals surface area contributed by atoms with Crippen molar-refractivity contribution in [3.05, 3.63) is 23.2 Å². The summed E-state index contributed by atoms with van der Waals surface area (Å²) < 4.78 is 40.9. The summed E-state index contributed by atoms with van der Waals surface area (Å²) >= 11 is 5.63. The molecule has 1 aromatic rings. The molecule has 0 aliphatic rings. The predicted molar refractivity (Wildman–Crippen MR) is 65.8 cm³/mol. The maximum absolute atomic E-state index is 11.0. The molecule has 0 bridgehead atoms. The van der Waals surface area contributed by atoms with E-state index in [2.05, 4.69) is 0 Å². The molecule has 0 atom stereocenters. The minimum atomic E-state index is -4.34. The van der Waals surface area contributed by atoms with Crippen LogP contribution in [0.15, 0.2) is 23.1 Å². The summed E-state index contributed by atoms with van der Waals surface area (Å²) in [5.41, 5.74) is 0. The van der Waals surface area contributed by atoms with E-state index in [1.807, 2.05) is 0 Å². The molecule has 1 aromatic carbocycles. The van der Waals surface area contributed by atoms with Crippen LogP contribution in [0, 0.1) is 0 Å². The molecule has 0 spiro atoms. The van der Waals surface area contributed by atoms with Crippen LogP contribution in [0.3, 0.4) is 0 Å². The van der Waals surface area contributed by atoms with Crippen LogP contribution in [-0.2, 0) is 14.9 Å². The van der Waals surface area contributed by atoms with Gasteiger partial charge in [-0.15, -0.1) is 0 Å². The van der Waals surface area contributed by atoms with Gasteiger partial charge < -0.3 is 9.47 Å². The molecular weight excluding hydrogens is 295 g/mol. The Morgan fingerprint density at radius 2 is 2.00 bits per heavy atom. The van der Waals surface area contributed by atoms with E-state index >= 15 is 0 Å². The Balaban J connectivity index is 0.00000256. The number of halogens is 1. The Labute approximate surface area is 148 Å². The summed E-state index contributed by atoms with van der Waals surface area (Å²) in [6.45, 7) is 0.494. The van der Waals surface area contributed by atoms with Gasteiger partial charge in [-0.2, -0.15) is 8.42 Å². The Bertz CT molecular complexity index is 462. The summed E-state index contributed by atoms with van der Waals surface area (Å²) in [5, 5.41) is 0.201. The van der Waals surface area contributed by atoms with Crippen LogP contribution in [0.4, 0.5) is 0 Å². The molecule has 5 nitrogen and oxygen atoms in total. The van der Waals surface area contributed by atoms with Crippen molar-refractivity contribution in [2.75, 3.05) is 20.3 Å². The van der Waals surface area contributed by atoms with Crippen molar-refractivity contribution in [2.24, 2.45) is 0 Å². The van der Waals surface area contributed by atoms with E-state index in [1.165, 1.54) is 19.2 Å². The minimum absolute atomic E-state index is 0. The number of hydrogen-bond donors (Lipinski definition) is 1. The summed E-state index contributed by atoms with van der Waals surface area (Å²) in [6.07, 6.45) is 0. The van der Waals surface area contributed by atoms with Gasteiger partial charge in [-0.25, -0.2) is 0 Å². The topological polar surface area (TPSA) is 72.8 Å². The van der Waals surface area contributed by atoms with Gasteiger partial charge in [0, 0.05) is 12.1 Å². The second-order valence-electron chi connectivity index (χ2n) is 2.91. The van der Waals surface area contributed by atoms with Crippen LogP contribution in [0.1, 0.15) is 0 Å². The van der Waals surface area contributed by atoms with Gasteiger partial charge in [-0.05, 0) is 18.2 Å². The zero-order valence-electron chi connectivity index (χ0n) is 8.51. The second-order valence-corrected chi connectivity index (χ2v) is 4.73. The quantitative estimate of drug-likeness (QED) is 0.498. The first-order chi connectivity index (χ1) is 7.45. The van der Waals surface area contributed by atoms with Crippen molar-refractivity contribution in [1.82, 2.24) is 0 Å². The second kappa shape index (κ2) is 8.08. The Hall–Kier alpha value is 0.816. The molecule has 0 aliphatic carbocycles. The van der Waals surface area contributed by atoms with Gasteiger partial charge in [0.25, 0.3) is 10.1 Å². The van der Waals surface area contributed by atoms with Gasteiger partial charge in [-0.1, -0.05) is 11.6 Å². The molecule has 0 aromatic heterocycles. The summed E-state index contributed by atoms with van der Waals surface area (Å²) in [7, 11) is -2.85. The predicted octanol–water partition coefficient (Wildman–Crippen LogP) is 0.963. The van der Waals surface area contributed by atoms with Gasteiger partial charge in [0.15, 0.2) is 0 Å². The normalized spacial score (nSPS) is 10.8. The van der Waals surface area contributed by atoms with Crippen molar-refractivity contribution in [2.45, 2.75) is 4.90 Å². The van der Waals surface area contributed by atoms with Gasteiger partial charge in [0.2, 0.25) is 0 Å². The fraction of sp³-hybridized carbons (Fsp3) is 0.333. The van der Waals surface area contributed by atoms with Gasteiger partial charge in [0.05, 0.1) is 6.61 Å². The maximum atomic E-state index is 11.0. The third-order valence-corrected chi connectivity index (χ3v) is 2.84. The van der Waals surface area contributed by atoms with Gasteiger partial charge in [-0.3, -0.25) is 4.55 Å². The van der Waals surface area contributed by atoms with Crippen LogP contribution in [0.2, 0.25) is 5.02 Å². The Morgan fingerprint density at radius 1 is 1.35 bits per heavy atom. The van der Waals surface area contributed by atoms with E-state index in [0.717, 1.165) is 6.07 Å². The first-order valence-corrected chi connectivity index (χ1v) is 6.15. The van der Waals surface area contributed by atoms with Gasteiger partial charge >= 0.3 is 51.4 Å². The van der Waals surface area contributed by atoms with E-state index in [0.29, 0.717) is 6.61 Å². The average molecular weight is 307 g/mol. The molecule has 0 saturated carbocycles. The molecule has 0 unspecified atom stereocenters. The van der Waals surface area contributed by atoms with E-state index in [-0.39, 0.29) is 73.7 Å². The van der Waals surface area contributed by atoms with E-state index in [9.17, 15) is 8.42 Å². The van der Waals surface area contributed by atoms with Crippen molar-refractivity contribution >= 4 is 73.1 Å². The van der Waals surface area contributed by atoms with Crippen LogP contribution >= 0.6 is 11.6 Å². The fourth-order valence-electron chi connectivity index (χ4n) is 1.04. The van der Waals surface area contributed by atoms with Gasteiger partial charge in [0.1, 0.15) is 17.3 Å². The summed E-state index contributed by atoms with van der Waals surface area (Å²) in [4.78, 5) is -0.351. The van der Waals surface area contributed by atoms with Crippen LogP contribution in [0.5, 0.6) is 5.75 Å². The molecule has 8 heteroatoms. The molecule has 0 radical (unpaired) electrons. The third kappa shape index (κ3) is 5.99. The van der Waals surface area contributed by atoms with Crippen LogP contribution < -0.4 is 4.74 Å². The number of methoxy groups -OCH3 is 1. The number of hydrogen-bond acceptors (Lipinski definition) is 4. The Morgan fingerprint density at radius 3 is 2.53 bits per heavy atom. The summed E-state index contributed by atoms with van der Waals surface area (Å²) in [6, 6.07) is 3.97. The SMILES string of the molecule is COCCOc1ccc(Cl)cc1S(=O)(=O)O.[KH]. The standard InChI is InChI=1S/C9H11ClO5S.K.H/c1-14-4-5-15-8-3-2-7(10)6-9(8)16(11,12)13;;/h2-3,6H,4-5H2,1H3,(H,11,12,13);;. The molecule has 0 heterocycles. The van der Waals surface area contributed by atoms with E-state index < -0.39 is 10.1 Å². The third-order valence-electron chi connectivity index (χ3n) is 1.73. The van der Waals surface area contributed by atoms with Crippen LogP contribution in [-0.4, -0.2) is 84.7 Å². The van der Waals surface area contributed by atoms with Crippen molar-refractivity contribution in [3.63, 3.8) is 0 Å². The molecule has 0 fully saturated rings. The molecule has 1 N–H and O–H groups in total. The summed E-state index contributed by atoms with van der Waals surface area (Å²) in [5.74, 6) is 0.0453. The fourth-order valence-corrected chi connectivity index (χ4v) is 1.93. The van der Waals surface area contributed by atoms with E-state index in [1.54, 1.807) is 0 Å². The molecule has 0 saturated heterocycles. The monoisotopic (exact) mass is 306 g/mol. The zero-order valence-corrected chi connectivity index (χ0v) is 10.1. The van der Waals surface area contributed by atoms with E-state index in [4.69, 9.17) is 25.6 Å². The number of benzene rings is 1. The Kier molecular flexibility index (Phi) is 8.47. The van der Waals surface area contributed by atoms with Crippen molar-refractivity contribution in [1.29, 1.82) is 0 Å². The first-order valence-electron chi connectivity index (χ1n) is 4.34. The number of ether oxygens (including phenoxy) is 2. The van der Waals surface area contributed by atoms with Crippen molar-refractivity contribution < 1.29 is 22.4 Å². The molecule has 17 heavy (non-hydrogen) atoms. The molecular formula is C9H12ClKO5S.